The standard InChI is InChI=1S/C23H35N5OS/c1-5-12-28(4)19(29)13-15-6-11-18-20(15)21-22(24-14-25-23(21)30-18)26-16-7-9-17(10-8-16)27(2)3/h14-17H,5-13H2,1-4H3,(H,24,25,26). The monoisotopic (exact) mass is 429 g/mol. The van der Waals surface area contributed by atoms with Gasteiger partial charge in [0.1, 0.15) is 17.0 Å². The van der Waals surface area contributed by atoms with Gasteiger partial charge in [-0.3, -0.25) is 4.79 Å². The summed E-state index contributed by atoms with van der Waals surface area (Å²) in [7, 11) is 6.29. The van der Waals surface area contributed by atoms with E-state index in [-0.39, 0.29) is 11.8 Å². The van der Waals surface area contributed by atoms with Gasteiger partial charge in [0, 0.05) is 37.0 Å². The Labute approximate surface area is 184 Å². The van der Waals surface area contributed by atoms with Gasteiger partial charge in [-0.2, -0.15) is 0 Å². The van der Waals surface area contributed by atoms with Gasteiger partial charge in [0.2, 0.25) is 5.91 Å². The molecule has 4 rings (SSSR count). The molecular weight excluding hydrogens is 394 g/mol. The van der Waals surface area contributed by atoms with E-state index in [1.165, 1.54) is 41.5 Å². The smallest absolute Gasteiger partial charge is 0.222 e. The zero-order valence-electron chi connectivity index (χ0n) is 18.8. The van der Waals surface area contributed by atoms with E-state index < -0.39 is 0 Å². The molecule has 6 nitrogen and oxygen atoms in total. The maximum Gasteiger partial charge on any atom is 0.222 e. The first-order chi connectivity index (χ1) is 14.5. The second kappa shape index (κ2) is 9.18. The highest BCUT2D eigenvalue weighted by molar-refractivity contribution is 7.19. The maximum atomic E-state index is 12.7. The fourth-order valence-electron chi connectivity index (χ4n) is 5.14. The third kappa shape index (κ3) is 4.33. The Morgan fingerprint density at radius 3 is 2.63 bits per heavy atom. The van der Waals surface area contributed by atoms with Crippen LogP contribution in [-0.2, 0) is 11.2 Å². The van der Waals surface area contributed by atoms with Crippen LogP contribution in [0.2, 0.25) is 0 Å². The van der Waals surface area contributed by atoms with E-state index in [2.05, 4.69) is 41.2 Å². The Morgan fingerprint density at radius 1 is 1.17 bits per heavy atom. The summed E-state index contributed by atoms with van der Waals surface area (Å²) in [5.41, 5.74) is 1.35. The first kappa shape index (κ1) is 21.5. The lowest BCUT2D eigenvalue weighted by molar-refractivity contribution is -0.130. The highest BCUT2D eigenvalue weighted by Gasteiger charge is 2.32. The Kier molecular flexibility index (Phi) is 6.58. The van der Waals surface area contributed by atoms with E-state index in [1.807, 2.05) is 11.9 Å². The van der Waals surface area contributed by atoms with Crippen molar-refractivity contribution >= 4 is 33.3 Å². The molecule has 0 aromatic carbocycles. The molecule has 2 aromatic heterocycles. The van der Waals surface area contributed by atoms with Gasteiger partial charge in [0.25, 0.3) is 0 Å². The summed E-state index contributed by atoms with van der Waals surface area (Å²) in [6, 6.07) is 1.15. The second-order valence-electron chi connectivity index (χ2n) is 9.21. The summed E-state index contributed by atoms with van der Waals surface area (Å²) >= 11 is 1.79. The first-order valence-electron chi connectivity index (χ1n) is 11.4. The van der Waals surface area contributed by atoms with E-state index in [0.29, 0.717) is 18.5 Å². The number of fused-ring (bicyclic) bond motifs is 3. The molecule has 0 bridgehead atoms. The number of rotatable bonds is 7. The van der Waals surface area contributed by atoms with Crippen molar-refractivity contribution in [3.8, 4) is 0 Å². The van der Waals surface area contributed by atoms with Crippen LogP contribution >= 0.6 is 11.3 Å². The van der Waals surface area contributed by atoms with Crippen LogP contribution in [0.15, 0.2) is 6.33 Å². The van der Waals surface area contributed by atoms with Crippen molar-refractivity contribution in [1.82, 2.24) is 19.8 Å². The van der Waals surface area contributed by atoms with Crippen LogP contribution in [-0.4, -0.2) is 65.4 Å². The van der Waals surface area contributed by atoms with Crippen LogP contribution in [0, 0.1) is 0 Å². The summed E-state index contributed by atoms with van der Waals surface area (Å²) in [5, 5.41) is 4.94. The van der Waals surface area contributed by atoms with Crippen LogP contribution in [0.5, 0.6) is 0 Å². The average molecular weight is 430 g/mol. The number of nitrogens with one attached hydrogen (secondary N) is 1. The van der Waals surface area contributed by atoms with Crippen molar-refractivity contribution < 1.29 is 4.79 Å². The fraction of sp³-hybridized carbons (Fsp3) is 0.696. The molecule has 0 spiro atoms. The molecule has 2 aliphatic rings. The number of aryl methyl sites for hydroxylation is 1. The molecule has 0 aliphatic heterocycles. The fourth-order valence-corrected chi connectivity index (χ4v) is 6.38. The van der Waals surface area contributed by atoms with Crippen molar-refractivity contribution in [3.63, 3.8) is 0 Å². The molecule has 1 N–H and O–H groups in total. The molecule has 7 heteroatoms. The highest BCUT2D eigenvalue weighted by atomic mass is 32.1. The van der Waals surface area contributed by atoms with E-state index in [0.717, 1.165) is 36.5 Å². The van der Waals surface area contributed by atoms with E-state index in [1.54, 1.807) is 17.7 Å². The minimum Gasteiger partial charge on any atom is -0.367 e. The van der Waals surface area contributed by atoms with E-state index in [4.69, 9.17) is 0 Å². The van der Waals surface area contributed by atoms with Gasteiger partial charge in [-0.1, -0.05) is 6.92 Å². The zero-order chi connectivity index (χ0) is 21.3. The number of hydrogen-bond donors (Lipinski definition) is 1. The topological polar surface area (TPSA) is 61.4 Å². The van der Waals surface area contributed by atoms with Crippen molar-refractivity contribution in [3.05, 3.63) is 16.8 Å². The molecule has 0 radical (unpaired) electrons. The largest absolute Gasteiger partial charge is 0.367 e. The third-order valence-corrected chi connectivity index (χ3v) is 8.08. The quantitative estimate of drug-likeness (QED) is 0.712. The van der Waals surface area contributed by atoms with Crippen LogP contribution in [0.4, 0.5) is 5.82 Å². The number of nitrogens with zero attached hydrogens (tertiary/aromatic N) is 4. The predicted molar refractivity (Wildman–Crippen MR) is 124 cm³/mol. The second-order valence-corrected chi connectivity index (χ2v) is 10.3. The zero-order valence-corrected chi connectivity index (χ0v) is 19.6. The van der Waals surface area contributed by atoms with Crippen molar-refractivity contribution in [2.24, 2.45) is 0 Å². The number of anilines is 1. The number of aromatic nitrogens is 2. The molecule has 2 aromatic rings. The van der Waals surface area contributed by atoms with Gasteiger partial charge in [-0.15, -0.1) is 11.3 Å². The van der Waals surface area contributed by atoms with Gasteiger partial charge in [0.15, 0.2) is 0 Å². The molecule has 164 valence electrons. The molecule has 30 heavy (non-hydrogen) atoms. The number of amides is 1. The minimum absolute atomic E-state index is 0.252. The number of carbonyl (C=O) groups is 1. The lowest BCUT2D eigenvalue weighted by Gasteiger charge is -2.33. The Morgan fingerprint density at radius 2 is 1.93 bits per heavy atom. The lowest BCUT2D eigenvalue weighted by Crippen LogP contribution is -2.36. The Balaban J connectivity index is 1.54. The summed E-state index contributed by atoms with van der Waals surface area (Å²) in [5.74, 6) is 1.52. The lowest BCUT2D eigenvalue weighted by atomic mass is 9.90. The molecule has 2 aliphatic carbocycles. The Hall–Kier alpha value is -1.73. The SMILES string of the molecule is CCCN(C)C(=O)CC1CCc2sc3ncnc(NC4CCC(N(C)C)CC4)c3c21. The molecule has 1 atom stereocenters. The van der Waals surface area contributed by atoms with Crippen molar-refractivity contribution in [1.29, 1.82) is 0 Å². The van der Waals surface area contributed by atoms with Gasteiger partial charge in [-0.25, -0.2) is 9.97 Å². The van der Waals surface area contributed by atoms with Crippen LogP contribution in [0.3, 0.4) is 0 Å². The van der Waals surface area contributed by atoms with Gasteiger partial charge < -0.3 is 15.1 Å². The molecule has 1 saturated carbocycles. The molecule has 0 saturated heterocycles. The summed E-state index contributed by atoms with van der Waals surface area (Å²) in [6.45, 7) is 2.94. The number of hydrogen-bond acceptors (Lipinski definition) is 6. The van der Waals surface area contributed by atoms with Crippen LogP contribution in [0.25, 0.3) is 10.2 Å². The minimum atomic E-state index is 0.252. The van der Waals surface area contributed by atoms with Crippen molar-refractivity contribution in [2.45, 2.75) is 76.3 Å². The predicted octanol–water partition coefficient (Wildman–Crippen LogP) is 4.26. The van der Waals surface area contributed by atoms with Gasteiger partial charge in [-0.05, 0) is 70.5 Å². The average Bonchev–Trinajstić information content (AvgIpc) is 3.28. The summed E-state index contributed by atoms with van der Waals surface area (Å²) < 4.78 is 0. The first-order valence-corrected chi connectivity index (χ1v) is 12.2. The third-order valence-electron chi connectivity index (χ3n) is 6.90. The molecule has 1 amide bonds. The molecule has 1 fully saturated rings. The summed E-state index contributed by atoms with van der Waals surface area (Å²) in [6.07, 6.45) is 10.2. The van der Waals surface area contributed by atoms with Crippen molar-refractivity contribution in [2.75, 3.05) is 33.0 Å². The summed E-state index contributed by atoms with van der Waals surface area (Å²) in [4.78, 5) is 28.7. The normalized spacial score (nSPS) is 23.7. The molecular formula is C23H35N5OS. The Bertz CT molecular complexity index is 887. The van der Waals surface area contributed by atoms with Crippen LogP contribution < -0.4 is 5.32 Å². The van der Waals surface area contributed by atoms with Gasteiger partial charge >= 0.3 is 0 Å². The number of thiophene rings is 1. The molecule has 1 unspecified atom stereocenters. The number of carbonyl (C=O) groups excluding carboxylic acids is 1. The molecule has 2 heterocycles. The van der Waals surface area contributed by atoms with E-state index in [9.17, 15) is 4.79 Å². The van der Waals surface area contributed by atoms with Crippen LogP contribution in [0.1, 0.15) is 68.2 Å². The maximum absolute atomic E-state index is 12.7. The van der Waals surface area contributed by atoms with Gasteiger partial charge in [0.05, 0.1) is 5.39 Å². The highest BCUT2D eigenvalue weighted by Crippen LogP contribution is 2.47. The van der Waals surface area contributed by atoms with E-state index >= 15 is 0 Å².